The molecule has 0 atom stereocenters. The molecule has 0 spiro atoms. The largest absolute Gasteiger partial charge is 0.508 e. The summed E-state index contributed by atoms with van der Waals surface area (Å²) in [6.07, 6.45) is 5.07. The Balaban J connectivity index is 1.66. The Hall–Kier alpha value is -3.98. The molecule has 2 aromatic carbocycles. The normalized spacial score (nSPS) is 14.6. The van der Waals surface area contributed by atoms with Gasteiger partial charge in [0.15, 0.2) is 5.78 Å². The standard InChI is InChI=1S/C35H45N3O10Si/c1-41-9-11-43-13-15-45-17-19-47-31-24-32(48-20-18-46-16-14-44-12-10-42-2)30(37-38-36)23-29(31)35-27-7-5-25(39)21-33(27)49(3,4)34-22-26(40)6-8-28(34)35/h5-8,21-24,39H,9-20H2,1-4H3. The van der Waals surface area contributed by atoms with Gasteiger partial charge in [0.2, 0.25) is 0 Å². The Bertz CT molecular complexity index is 1580. The van der Waals surface area contributed by atoms with E-state index in [0.29, 0.717) is 69.9 Å². The summed E-state index contributed by atoms with van der Waals surface area (Å²) in [6.45, 7) is 8.90. The van der Waals surface area contributed by atoms with Crippen LogP contribution in [0.2, 0.25) is 13.1 Å². The number of fused-ring (bicyclic) bond motifs is 2. The molecule has 0 fully saturated rings. The highest BCUT2D eigenvalue weighted by atomic mass is 28.3. The molecule has 49 heavy (non-hydrogen) atoms. The zero-order valence-corrected chi connectivity index (χ0v) is 29.6. The van der Waals surface area contributed by atoms with Gasteiger partial charge in [0.25, 0.3) is 0 Å². The third kappa shape index (κ3) is 10.3. The minimum absolute atomic E-state index is 0.0932. The van der Waals surface area contributed by atoms with E-state index >= 15 is 0 Å². The lowest BCUT2D eigenvalue weighted by molar-refractivity contribution is -0.110. The average Bonchev–Trinajstić information content (AvgIpc) is 3.08. The average molecular weight is 696 g/mol. The molecule has 1 aliphatic carbocycles. The van der Waals surface area contributed by atoms with Crippen LogP contribution in [0.25, 0.3) is 16.0 Å². The first-order valence-electron chi connectivity index (χ1n) is 16.1. The molecule has 2 aromatic rings. The third-order valence-corrected chi connectivity index (χ3v) is 11.5. The van der Waals surface area contributed by atoms with Gasteiger partial charge in [-0.15, -0.1) is 0 Å². The first kappa shape index (κ1) is 37.8. The number of rotatable bonds is 22. The third-order valence-electron chi connectivity index (χ3n) is 7.94. The van der Waals surface area contributed by atoms with Gasteiger partial charge < -0.3 is 43.0 Å². The molecule has 0 unspecified atom stereocenters. The monoisotopic (exact) mass is 695 g/mol. The summed E-state index contributed by atoms with van der Waals surface area (Å²) < 4.78 is 44.6. The van der Waals surface area contributed by atoms with E-state index in [1.807, 2.05) is 12.1 Å². The molecule has 13 nitrogen and oxygen atoms in total. The van der Waals surface area contributed by atoms with Crippen molar-refractivity contribution in [1.29, 1.82) is 0 Å². The van der Waals surface area contributed by atoms with E-state index in [4.69, 9.17) is 37.9 Å². The molecule has 0 bridgehead atoms. The van der Waals surface area contributed by atoms with Gasteiger partial charge in [-0.3, -0.25) is 4.79 Å². The van der Waals surface area contributed by atoms with Gasteiger partial charge in [0.1, 0.15) is 38.5 Å². The van der Waals surface area contributed by atoms with Crippen LogP contribution in [-0.2, 0) is 33.2 Å². The summed E-state index contributed by atoms with van der Waals surface area (Å²) in [5.41, 5.74) is 13.0. The maximum atomic E-state index is 12.6. The van der Waals surface area contributed by atoms with E-state index in [-0.39, 0.29) is 43.6 Å². The molecular formula is C35H45N3O10Si. The fraction of sp³-hybridized carbons (Fsp3) is 0.457. The van der Waals surface area contributed by atoms with Crippen LogP contribution in [0.1, 0.15) is 11.1 Å². The number of carbonyl (C=O) groups is 1. The number of phenols is 1. The van der Waals surface area contributed by atoms with E-state index < -0.39 is 8.07 Å². The molecule has 264 valence electrons. The topological polar surface area (TPSA) is 160 Å². The minimum atomic E-state index is -2.41. The maximum Gasteiger partial charge on any atom is 0.178 e. The zero-order valence-electron chi connectivity index (χ0n) is 28.6. The van der Waals surface area contributed by atoms with Crippen LogP contribution in [-0.4, -0.2) is 112 Å². The number of carbonyl (C=O) groups excluding carboxylic acids is 1. The lowest BCUT2D eigenvalue weighted by Crippen LogP contribution is -2.49. The number of methoxy groups -OCH3 is 2. The zero-order chi connectivity index (χ0) is 35.1. The smallest absolute Gasteiger partial charge is 0.178 e. The summed E-state index contributed by atoms with van der Waals surface area (Å²) >= 11 is 0. The van der Waals surface area contributed by atoms with Crippen molar-refractivity contribution in [1.82, 2.24) is 0 Å². The van der Waals surface area contributed by atoms with Gasteiger partial charge in [0.05, 0.1) is 71.8 Å². The molecule has 1 heterocycles. The van der Waals surface area contributed by atoms with Crippen LogP contribution in [0.5, 0.6) is 17.2 Å². The fourth-order valence-corrected chi connectivity index (χ4v) is 8.63. The quantitative estimate of drug-likeness (QED) is 0.0597. The number of benzene rings is 2. The molecule has 0 radical (unpaired) electrons. The Morgan fingerprint density at radius 2 is 1.31 bits per heavy atom. The van der Waals surface area contributed by atoms with Gasteiger partial charge in [0, 0.05) is 30.8 Å². The second-order valence-corrected chi connectivity index (χ2v) is 15.9. The number of nitrogens with zero attached hydrogens (tertiary/aromatic N) is 3. The second-order valence-electron chi connectivity index (χ2n) is 11.6. The molecule has 1 aliphatic heterocycles. The van der Waals surface area contributed by atoms with Gasteiger partial charge in [-0.05, 0) is 63.0 Å². The maximum absolute atomic E-state index is 12.6. The van der Waals surface area contributed by atoms with Crippen molar-refractivity contribution in [2.45, 2.75) is 13.1 Å². The molecule has 0 saturated heterocycles. The molecule has 1 N–H and O–H groups in total. The van der Waals surface area contributed by atoms with Crippen molar-refractivity contribution < 1.29 is 47.8 Å². The Labute approximate surface area is 287 Å². The Morgan fingerprint density at radius 1 is 0.735 bits per heavy atom. The summed E-state index contributed by atoms with van der Waals surface area (Å²) in [4.78, 5) is 15.7. The predicted octanol–water partition coefficient (Wildman–Crippen LogP) is 4.79. The Morgan fingerprint density at radius 3 is 1.90 bits per heavy atom. The lowest BCUT2D eigenvalue weighted by atomic mass is 9.89. The van der Waals surface area contributed by atoms with Crippen LogP contribution >= 0.6 is 0 Å². The van der Waals surface area contributed by atoms with Crippen molar-refractivity contribution in [3.8, 4) is 17.2 Å². The van der Waals surface area contributed by atoms with E-state index in [1.54, 1.807) is 50.6 Å². The summed E-state index contributed by atoms with van der Waals surface area (Å²) in [6, 6.07) is 8.74. The number of hydrogen-bond acceptors (Lipinski definition) is 11. The minimum Gasteiger partial charge on any atom is -0.508 e. The predicted molar refractivity (Wildman–Crippen MR) is 187 cm³/mol. The summed E-state index contributed by atoms with van der Waals surface area (Å²) in [5.74, 6) is 0.829. The SMILES string of the molecule is COCCOCCOCCOc1cc(OCCOCCOCCOC)c(C2=C3C=CC(=O)C=C3[Si](C)(C)c3cc(O)ccc32)cc1N=[N+]=[N-]. The number of ether oxygens (including phenoxy) is 8. The lowest BCUT2D eigenvalue weighted by Gasteiger charge is -2.37. The van der Waals surface area contributed by atoms with E-state index in [9.17, 15) is 15.4 Å². The van der Waals surface area contributed by atoms with Crippen LogP contribution in [0, 0.1) is 0 Å². The number of ketones is 1. The molecule has 14 heteroatoms. The van der Waals surface area contributed by atoms with E-state index in [2.05, 4.69) is 23.1 Å². The molecule has 0 saturated carbocycles. The Kier molecular flexibility index (Phi) is 14.9. The number of hydrogen-bond donors (Lipinski definition) is 1. The number of allylic oxidation sites excluding steroid dienone is 5. The number of phenolic OH excluding ortho intramolecular Hbond substituents is 1. The molecular weight excluding hydrogens is 650 g/mol. The highest BCUT2D eigenvalue weighted by Crippen LogP contribution is 2.47. The van der Waals surface area contributed by atoms with Crippen LogP contribution < -0.4 is 14.7 Å². The van der Waals surface area contributed by atoms with Crippen molar-refractivity contribution in [3.05, 3.63) is 80.9 Å². The van der Waals surface area contributed by atoms with Gasteiger partial charge >= 0.3 is 0 Å². The summed E-state index contributed by atoms with van der Waals surface area (Å²) in [5, 5.41) is 16.4. The number of azide groups is 1. The molecule has 0 aromatic heterocycles. The van der Waals surface area contributed by atoms with Crippen LogP contribution in [0.4, 0.5) is 5.69 Å². The van der Waals surface area contributed by atoms with E-state index in [1.165, 1.54) is 0 Å². The van der Waals surface area contributed by atoms with Crippen molar-refractivity contribution in [3.63, 3.8) is 0 Å². The van der Waals surface area contributed by atoms with Crippen LogP contribution in [0.3, 0.4) is 0 Å². The highest BCUT2D eigenvalue weighted by Gasteiger charge is 2.40. The number of aromatic hydroxyl groups is 1. The van der Waals surface area contributed by atoms with Gasteiger partial charge in [-0.2, -0.15) is 0 Å². The van der Waals surface area contributed by atoms with Gasteiger partial charge in [-0.1, -0.05) is 30.4 Å². The van der Waals surface area contributed by atoms with Gasteiger partial charge in [-0.25, -0.2) is 0 Å². The second kappa shape index (κ2) is 19.3. The molecule has 0 amide bonds. The van der Waals surface area contributed by atoms with Crippen molar-refractivity contribution in [2.24, 2.45) is 5.11 Å². The fourth-order valence-electron chi connectivity index (χ4n) is 5.56. The highest BCUT2D eigenvalue weighted by molar-refractivity contribution is 6.98. The van der Waals surface area contributed by atoms with Crippen LogP contribution in [0.15, 0.2) is 64.4 Å². The molecule has 2 aliphatic rings. The van der Waals surface area contributed by atoms with E-state index in [0.717, 1.165) is 27.1 Å². The molecule has 4 rings (SSSR count). The first-order valence-corrected chi connectivity index (χ1v) is 19.1. The summed E-state index contributed by atoms with van der Waals surface area (Å²) in [7, 11) is 0.819. The first-order chi connectivity index (χ1) is 23.8. The van der Waals surface area contributed by atoms with Crippen molar-refractivity contribution in [2.75, 3.05) is 93.5 Å². The van der Waals surface area contributed by atoms with Crippen molar-refractivity contribution >= 4 is 30.3 Å².